The molecular weight excluding hydrogens is 240 g/mol. The second kappa shape index (κ2) is 4.80. The SMILES string of the molecule is Brc1ccc(NCC2CCNC2)cc1. The van der Waals surface area contributed by atoms with Crippen molar-refractivity contribution in [3.8, 4) is 0 Å². The standard InChI is InChI=1S/C11H15BrN2/c12-10-1-3-11(4-2-10)14-8-9-5-6-13-7-9/h1-4,9,13-14H,5-8H2. The molecule has 0 spiro atoms. The van der Waals surface area contributed by atoms with Crippen LogP contribution in [0.4, 0.5) is 5.69 Å². The van der Waals surface area contributed by atoms with Crippen LogP contribution >= 0.6 is 15.9 Å². The molecule has 0 aliphatic carbocycles. The lowest BCUT2D eigenvalue weighted by atomic mass is 10.1. The Hall–Kier alpha value is -0.540. The van der Waals surface area contributed by atoms with Gasteiger partial charge in [0.05, 0.1) is 0 Å². The van der Waals surface area contributed by atoms with Gasteiger partial charge in [0, 0.05) is 16.7 Å². The lowest BCUT2D eigenvalue weighted by Gasteiger charge is -2.10. The molecule has 1 atom stereocenters. The van der Waals surface area contributed by atoms with Crippen LogP contribution in [0.15, 0.2) is 28.7 Å². The van der Waals surface area contributed by atoms with Crippen molar-refractivity contribution in [2.24, 2.45) is 5.92 Å². The van der Waals surface area contributed by atoms with Crippen LogP contribution in [0.25, 0.3) is 0 Å². The molecule has 1 unspecified atom stereocenters. The zero-order chi connectivity index (χ0) is 9.80. The van der Waals surface area contributed by atoms with Gasteiger partial charge >= 0.3 is 0 Å². The van der Waals surface area contributed by atoms with Crippen LogP contribution in [-0.4, -0.2) is 19.6 Å². The van der Waals surface area contributed by atoms with Crippen molar-refractivity contribution in [2.45, 2.75) is 6.42 Å². The Morgan fingerprint density at radius 1 is 1.36 bits per heavy atom. The fourth-order valence-electron chi connectivity index (χ4n) is 1.72. The van der Waals surface area contributed by atoms with Gasteiger partial charge in [0.2, 0.25) is 0 Å². The van der Waals surface area contributed by atoms with E-state index in [0.717, 1.165) is 23.5 Å². The van der Waals surface area contributed by atoms with Crippen LogP contribution in [0.2, 0.25) is 0 Å². The average molecular weight is 255 g/mol. The first kappa shape index (κ1) is 9.99. The number of nitrogens with one attached hydrogen (secondary N) is 2. The van der Waals surface area contributed by atoms with E-state index >= 15 is 0 Å². The van der Waals surface area contributed by atoms with Crippen molar-refractivity contribution in [2.75, 3.05) is 25.0 Å². The first-order chi connectivity index (χ1) is 6.84. The number of hydrogen-bond acceptors (Lipinski definition) is 2. The smallest absolute Gasteiger partial charge is 0.0341 e. The molecule has 1 aliphatic heterocycles. The van der Waals surface area contributed by atoms with Gasteiger partial charge in [-0.2, -0.15) is 0 Å². The summed E-state index contributed by atoms with van der Waals surface area (Å²) in [7, 11) is 0. The van der Waals surface area contributed by atoms with E-state index < -0.39 is 0 Å². The minimum atomic E-state index is 0.790. The molecule has 1 aromatic carbocycles. The Morgan fingerprint density at radius 2 is 2.14 bits per heavy atom. The Labute approximate surface area is 93.2 Å². The van der Waals surface area contributed by atoms with Gasteiger partial charge in [-0.05, 0) is 49.7 Å². The molecule has 1 heterocycles. The molecule has 0 saturated carbocycles. The Kier molecular flexibility index (Phi) is 3.43. The average Bonchev–Trinajstić information content (AvgIpc) is 2.70. The molecule has 1 aromatic rings. The molecule has 1 saturated heterocycles. The number of halogens is 1. The van der Waals surface area contributed by atoms with Gasteiger partial charge in [0.1, 0.15) is 0 Å². The van der Waals surface area contributed by atoms with Crippen LogP contribution in [-0.2, 0) is 0 Å². The van der Waals surface area contributed by atoms with Gasteiger partial charge < -0.3 is 10.6 Å². The quantitative estimate of drug-likeness (QED) is 0.867. The van der Waals surface area contributed by atoms with Crippen molar-refractivity contribution in [1.29, 1.82) is 0 Å². The predicted molar refractivity (Wildman–Crippen MR) is 63.6 cm³/mol. The second-order valence-corrected chi connectivity index (χ2v) is 4.66. The van der Waals surface area contributed by atoms with E-state index in [-0.39, 0.29) is 0 Å². The summed E-state index contributed by atoms with van der Waals surface area (Å²) in [6, 6.07) is 8.34. The first-order valence-corrected chi connectivity index (χ1v) is 5.84. The van der Waals surface area contributed by atoms with Gasteiger partial charge in [-0.1, -0.05) is 15.9 Å². The van der Waals surface area contributed by atoms with E-state index in [1.807, 2.05) is 0 Å². The lowest BCUT2D eigenvalue weighted by Crippen LogP contribution is -2.17. The number of rotatable bonds is 3. The maximum atomic E-state index is 3.45. The predicted octanol–water partition coefficient (Wildman–Crippen LogP) is 2.47. The molecule has 2 rings (SSSR count). The molecule has 0 bridgehead atoms. The largest absolute Gasteiger partial charge is 0.385 e. The molecule has 0 aromatic heterocycles. The molecule has 2 N–H and O–H groups in total. The van der Waals surface area contributed by atoms with Crippen molar-refractivity contribution >= 4 is 21.6 Å². The lowest BCUT2D eigenvalue weighted by molar-refractivity contribution is 0.615. The van der Waals surface area contributed by atoms with E-state index in [2.05, 4.69) is 50.8 Å². The number of benzene rings is 1. The minimum Gasteiger partial charge on any atom is -0.385 e. The number of hydrogen-bond donors (Lipinski definition) is 2. The maximum Gasteiger partial charge on any atom is 0.0341 e. The number of anilines is 1. The summed E-state index contributed by atoms with van der Waals surface area (Å²) in [6.45, 7) is 3.41. The van der Waals surface area contributed by atoms with Crippen molar-refractivity contribution in [3.63, 3.8) is 0 Å². The molecule has 3 heteroatoms. The summed E-state index contributed by atoms with van der Waals surface area (Å²) in [5, 5.41) is 6.82. The van der Waals surface area contributed by atoms with Gasteiger partial charge in [0.15, 0.2) is 0 Å². The second-order valence-electron chi connectivity index (χ2n) is 3.75. The van der Waals surface area contributed by atoms with E-state index in [1.54, 1.807) is 0 Å². The third-order valence-corrected chi connectivity index (χ3v) is 3.13. The van der Waals surface area contributed by atoms with Crippen LogP contribution in [0, 0.1) is 5.92 Å². The fraction of sp³-hybridized carbons (Fsp3) is 0.455. The molecule has 0 amide bonds. The summed E-state index contributed by atoms with van der Waals surface area (Å²) in [5.74, 6) is 0.790. The monoisotopic (exact) mass is 254 g/mol. The summed E-state index contributed by atoms with van der Waals surface area (Å²) in [6.07, 6.45) is 1.30. The third-order valence-electron chi connectivity index (χ3n) is 2.60. The van der Waals surface area contributed by atoms with E-state index in [1.165, 1.54) is 18.7 Å². The molecule has 1 aliphatic rings. The molecular formula is C11H15BrN2. The Balaban J connectivity index is 1.82. The van der Waals surface area contributed by atoms with E-state index in [0.29, 0.717) is 0 Å². The van der Waals surface area contributed by atoms with Gasteiger partial charge in [-0.15, -0.1) is 0 Å². The fourth-order valence-corrected chi connectivity index (χ4v) is 1.98. The maximum absolute atomic E-state index is 3.45. The highest BCUT2D eigenvalue weighted by Gasteiger charge is 2.13. The normalized spacial score (nSPS) is 21.1. The zero-order valence-electron chi connectivity index (χ0n) is 8.09. The van der Waals surface area contributed by atoms with Gasteiger partial charge in [-0.25, -0.2) is 0 Å². The van der Waals surface area contributed by atoms with Crippen LogP contribution in [0.5, 0.6) is 0 Å². The Bertz CT molecular complexity index is 278. The molecule has 14 heavy (non-hydrogen) atoms. The van der Waals surface area contributed by atoms with Crippen molar-refractivity contribution in [3.05, 3.63) is 28.7 Å². The molecule has 2 nitrogen and oxygen atoms in total. The van der Waals surface area contributed by atoms with Gasteiger partial charge in [0.25, 0.3) is 0 Å². The Morgan fingerprint density at radius 3 is 2.79 bits per heavy atom. The van der Waals surface area contributed by atoms with Gasteiger partial charge in [-0.3, -0.25) is 0 Å². The highest BCUT2D eigenvalue weighted by molar-refractivity contribution is 9.10. The van der Waals surface area contributed by atoms with E-state index in [9.17, 15) is 0 Å². The third kappa shape index (κ3) is 2.72. The minimum absolute atomic E-state index is 0.790. The molecule has 0 radical (unpaired) electrons. The van der Waals surface area contributed by atoms with Crippen LogP contribution in [0.1, 0.15) is 6.42 Å². The zero-order valence-corrected chi connectivity index (χ0v) is 9.68. The van der Waals surface area contributed by atoms with Crippen molar-refractivity contribution in [1.82, 2.24) is 5.32 Å². The summed E-state index contributed by atoms with van der Waals surface area (Å²) in [4.78, 5) is 0. The van der Waals surface area contributed by atoms with Crippen LogP contribution < -0.4 is 10.6 Å². The molecule has 76 valence electrons. The summed E-state index contributed by atoms with van der Waals surface area (Å²) >= 11 is 3.43. The highest BCUT2D eigenvalue weighted by atomic mass is 79.9. The van der Waals surface area contributed by atoms with E-state index in [4.69, 9.17) is 0 Å². The summed E-state index contributed by atoms with van der Waals surface area (Å²) < 4.78 is 1.13. The topological polar surface area (TPSA) is 24.1 Å². The first-order valence-electron chi connectivity index (χ1n) is 5.05. The molecule has 1 fully saturated rings. The van der Waals surface area contributed by atoms with Crippen molar-refractivity contribution < 1.29 is 0 Å². The summed E-state index contributed by atoms with van der Waals surface area (Å²) in [5.41, 5.74) is 1.21. The van der Waals surface area contributed by atoms with Crippen LogP contribution in [0.3, 0.4) is 0 Å². The highest BCUT2D eigenvalue weighted by Crippen LogP contribution is 2.15.